The van der Waals surface area contributed by atoms with Gasteiger partial charge in [-0.3, -0.25) is 39.0 Å². The minimum atomic E-state index is -1.23. The average Bonchev–Trinajstić information content (AvgIpc) is 3.83. The van der Waals surface area contributed by atoms with Crippen LogP contribution in [0.1, 0.15) is 58.3 Å². The van der Waals surface area contributed by atoms with E-state index in [0.717, 1.165) is 25.0 Å². The molecule has 370 valence electrons. The monoisotopic (exact) mass is 946 g/mol. The number of urea groups is 1. The Labute approximate surface area is 383 Å². The van der Waals surface area contributed by atoms with Crippen LogP contribution in [0.3, 0.4) is 0 Å². The predicted octanol–water partition coefficient (Wildman–Crippen LogP) is -4.05. The Kier molecular flexibility index (Phi) is 28.9. The number of ether oxygens (including phenoxy) is 4. The zero-order valence-corrected chi connectivity index (χ0v) is 38.2. The van der Waals surface area contributed by atoms with Gasteiger partial charge in [0, 0.05) is 56.6 Å². The lowest BCUT2D eigenvalue weighted by atomic mass is 10.0. The molecule has 14 N–H and O–H groups in total. The third-order valence-corrected chi connectivity index (χ3v) is 11.4. The molecule has 2 aliphatic rings. The van der Waals surface area contributed by atoms with Crippen molar-refractivity contribution in [1.82, 2.24) is 53.2 Å². The number of guanidine groups is 1. The van der Waals surface area contributed by atoms with Crippen molar-refractivity contribution in [3.8, 4) is 0 Å². The molecule has 0 aromatic carbocycles. The number of amides is 8. The van der Waals surface area contributed by atoms with Gasteiger partial charge >= 0.3 is 12.0 Å². The smallest absolute Gasteiger partial charge is 0.315 e. The van der Waals surface area contributed by atoms with Gasteiger partial charge in [-0.2, -0.15) is 11.8 Å². The molecule has 0 saturated carbocycles. The van der Waals surface area contributed by atoms with Gasteiger partial charge in [-0.25, -0.2) is 4.79 Å². The number of nitrogens with two attached hydrogens (primary N) is 1. The Morgan fingerprint density at radius 2 is 1.29 bits per heavy atom. The molecular weight excluding hydrogens is 877 g/mol. The quantitative estimate of drug-likeness (QED) is 0.0122. The van der Waals surface area contributed by atoms with E-state index in [2.05, 4.69) is 53.2 Å². The van der Waals surface area contributed by atoms with Gasteiger partial charge in [0.1, 0.15) is 25.3 Å². The van der Waals surface area contributed by atoms with Crippen LogP contribution in [0.15, 0.2) is 0 Å². The summed E-state index contributed by atoms with van der Waals surface area (Å²) in [4.78, 5) is 97.6. The van der Waals surface area contributed by atoms with Crippen LogP contribution in [-0.2, 0) is 52.5 Å². The highest BCUT2D eigenvalue weighted by Crippen LogP contribution is 2.33. The highest BCUT2D eigenvalue weighted by molar-refractivity contribution is 8.00. The number of hydrogen-bond acceptors (Lipinski definition) is 15. The van der Waals surface area contributed by atoms with E-state index < -0.39 is 54.1 Å². The molecular formula is C39H70N12O13S. The molecule has 26 heteroatoms. The van der Waals surface area contributed by atoms with Crippen LogP contribution in [0.2, 0.25) is 0 Å². The van der Waals surface area contributed by atoms with E-state index in [4.69, 9.17) is 35.2 Å². The first-order chi connectivity index (χ1) is 31.2. The fourth-order valence-electron chi connectivity index (χ4n) is 6.30. The van der Waals surface area contributed by atoms with Crippen molar-refractivity contribution in [1.29, 1.82) is 5.41 Å². The van der Waals surface area contributed by atoms with Crippen LogP contribution in [0.4, 0.5) is 4.79 Å². The maximum Gasteiger partial charge on any atom is 0.315 e. The van der Waals surface area contributed by atoms with Crippen LogP contribution in [-0.4, -0.2) is 192 Å². The summed E-state index contributed by atoms with van der Waals surface area (Å²) in [5.74, 6) is -3.21. The Bertz CT molecular complexity index is 1530. The molecule has 65 heavy (non-hydrogen) atoms. The fourth-order valence-corrected chi connectivity index (χ4v) is 7.85. The normalized spacial score (nSPS) is 17.6. The van der Waals surface area contributed by atoms with E-state index in [1.54, 1.807) is 14.0 Å². The van der Waals surface area contributed by atoms with Crippen molar-refractivity contribution < 1.29 is 62.4 Å². The molecule has 6 atom stereocenters. The van der Waals surface area contributed by atoms with Crippen molar-refractivity contribution in [3.05, 3.63) is 0 Å². The number of likely N-dealkylation sites (N-methyl/N-ethyl adjacent to an activating group) is 1. The molecule has 0 aliphatic carbocycles. The lowest BCUT2D eigenvalue weighted by Crippen LogP contribution is -2.56. The van der Waals surface area contributed by atoms with Gasteiger partial charge in [0.05, 0.1) is 57.8 Å². The number of nitrogens with one attached hydrogen (secondary N) is 11. The molecule has 2 saturated heterocycles. The number of fused-ring (bicyclic) bond motifs is 1. The summed E-state index contributed by atoms with van der Waals surface area (Å²) in [7, 11) is 1.55. The molecule has 8 amide bonds. The highest BCUT2D eigenvalue weighted by Gasteiger charge is 2.42. The van der Waals surface area contributed by atoms with Crippen molar-refractivity contribution in [2.45, 2.75) is 93.7 Å². The Morgan fingerprint density at radius 3 is 1.92 bits per heavy atom. The number of carboxylic acids is 1. The second-order valence-electron chi connectivity index (χ2n) is 15.1. The molecule has 0 spiro atoms. The SMILES string of the molecule is CN[C@@H](C)C(=O)N[C@@H](CCC(=O)O)C(=O)N[C@@H](CCCNC(=N)N)C(=O)NCCNC(=O)COCCOCCNC(=O)COCCOCCNC(=O)CCCC[C@@H]1SC[C@@H]2NC(=O)N[C@@H]21. The van der Waals surface area contributed by atoms with Gasteiger partial charge in [-0.15, -0.1) is 0 Å². The predicted molar refractivity (Wildman–Crippen MR) is 238 cm³/mol. The number of unbranched alkanes of at least 4 members (excludes halogenated alkanes) is 1. The molecule has 0 unspecified atom stereocenters. The number of thioether (sulfide) groups is 1. The van der Waals surface area contributed by atoms with Crippen LogP contribution < -0.4 is 58.9 Å². The summed E-state index contributed by atoms with van der Waals surface area (Å²) >= 11 is 1.86. The fraction of sp³-hybridized carbons (Fsp3) is 0.769. The zero-order valence-electron chi connectivity index (χ0n) is 37.4. The van der Waals surface area contributed by atoms with Gasteiger partial charge in [0.2, 0.25) is 35.4 Å². The van der Waals surface area contributed by atoms with Crippen LogP contribution >= 0.6 is 11.8 Å². The lowest BCUT2D eigenvalue weighted by Gasteiger charge is -2.24. The molecule has 2 aliphatic heterocycles. The molecule has 0 aromatic heterocycles. The first-order valence-electron chi connectivity index (χ1n) is 21.8. The molecule has 2 fully saturated rings. The van der Waals surface area contributed by atoms with Crippen molar-refractivity contribution >= 4 is 65.2 Å². The number of carboxylic acid groups (broad SMARTS) is 1. The summed E-state index contributed by atoms with van der Waals surface area (Å²) in [6.07, 6.45) is 2.90. The number of aliphatic carboxylic acids is 1. The van der Waals surface area contributed by atoms with Gasteiger partial charge in [0.25, 0.3) is 0 Å². The number of carbonyl (C=O) groups is 8. The molecule has 25 nitrogen and oxygen atoms in total. The third kappa shape index (κ3) is 25.9. The van der Waals surface area contributed by atoms with Crippen LogP contribution in [0.5, 0.6) is 0 Å². The van der Waals surface area contributed by atoms with Gasteiger partial charge in [-0.1, -0.05) is 6.42 Å². The molecule has 0 bridgehead atoms. The van der Waals surface area contributed by atoms with E-state index in [1.807, 2.05) is 11.8 Å². The molecule has 0 aromatic rings. The highest BCUT2D eigenvalue weighted by atomic mass is 32.2. The third-order valence-electron chi connectivity index (χ3n) is 9.90. The summed E-state index contributed by atoms with van der Waals surface area (Å²) in [5, 5.41) is 43.8. The maximum atomic E-state index is 13.1. The second-order valence-corrected chi connectivity index (χ2v) is 16.4. The van der Waals surface area contributed by atoms with E-state index in [-0.39, 0.29) is 121 Å². The largest absolute Gasteiger partial charge is 0.481 e. The topological polar surface area (TPSA) is 364 Å². The number of rotatable bonds is 37. The summed E-state index contributed by atoms with van der Waals surface area (Å²) < 4.78 is 21.4. The van der Waals surface area contributed by atoms with Crippen molar-refractivity contribution in [2.75, 3.05) is 98.4 Å². The second kappa shape index (κ2) is 33.5. The Hall–Kier alpha value is -5.02. The van der Waals surface area contributed by atoms with Crippen molar-refractivity contribution in [2.24, 2.45) is 5.73 Å². The van der Waals surface area contributed by atoms with Gasteiger partial charge < -0.3 is 83.0 Å². The van der Waals surface area contributed by atoms with Crippen LogP contribution in [0, 0.1) is 5.41 Å². The summed E-state index contributed by atoms with van der Waals surface area (Å²) in [6, 6.07) is -2.70. The lowest BCUT2D eigenvalue weighted by molar-refractivity contribution is -0.138. The zero-order chi connectivity index (χ0) is 47.8. The standard InChI is InChI=1S/C39H70N12O13S/c1-25(42-2)35(57)48-27(9-10-33(55)56)37(59)49-26(6-5-11-47-38(40)41)36(58)46-13-12-43-31(53)22-63-20-19-62-17-15-45-32(54)23-64-21-18-61-16-14-44-30(52)8-4-3-7-29-34-28(24-65-29)50-39(60)51-34/h25-29,34,42H,3-24H2,1-2H3,(H,43,53)(H,44,52)(H,45,54)(H,46,58)(H,48,57)(H,49,59)(H,55,56)(H4,40,41,47)(H2,50,51,60)/t25-,26-,27-,28-,29-,34-/m0/s1. The minimum Gasteiger partial charge on any atom is -0.481 e. The van der Waals surface area contributed by atoms with E-state index in [9.17, 15) is 38.4 Å². The first-order valence-corrected chi connectivity index (χ1v) is 22.9. The Balaban J connectivity index is 1.47. The van der Waals surface area contributed by atoms with E-state index >= 15 is 0 Å². The van der Waals surface area contributed by atoms with Crippen molar-refractivity contribution in [3.63, 3.8) is 0 Å². The van der Waals surface area contributed by atoms with Gasteiger partial charge in [0.15, 0.2) is 5.96 Å². The Morgan fingerprint density at radius 1 is 0.708 bits per heavy atom. The molecule has 2 rings (SSSR count). The maximum absolute atomic E-state index is 13.1. The van der Waals surface area contributed by atoms with E-state index in [0.29, 0.717) is 31.2 Å². The summed E-state index contributed by atoms with van der Waals surface area (Å²) in [5.41, 5.74) is 5.31. The summed E-state index contributed by atoms with van der Waals surface area (Å²) in [6.45, 7) is 3.28. The van der Waals surface area contributed by atoms with E-state index in [1.165, 1.54) is 0 Å². The number of carbonyl (C=O) groups excluding carboxylic acids is 7. The molecule has 2 heterocycles. The molecule has 0 radical (unpaired) electrons. The number of hydrogen-bond donors (Lipinski definition) is 13. The average molecular weight is 947 g/mol. The van der Waals surface area contributed by atoms with Gasteiger partial charge in [-0.05, 0) is 46.1 Å². The first kappa shape index (κ1) is 56.1. The van der Waals surface area contributed by atoms with Crippen LogP contribution in [0.25, 0.3) is 0 Å². The minimum absolute atomic E-state index is 0.00196.